The molecule has 0 aromatic carbocycles. The molecule has 0 spiro atoms. The van der Waals surface area contributed by atoms with Crippen molar-refractivity contribution in [2.24, 2.45) is 0 Å². The molecule has 1 aliphatic heterocycles. The van der Waals surface area contributed by atoms with Crippen LogP contribution in [0.2, 0.25) is 0 Å². The molecule has 1 aromatic rings. The minimum atomic E-state index is 0.278. The third-order valence-corrected chi connectivity index (χ3v) is 2.70. The third-order valence-electron chi connectivity index (χ3n) is 2.70. The second kappa shape index (κ2) is 3.96. The first-order valence-electron chi connectivity index (χ1n) is 5.03. The highest BCUT2D eigenvalue weighted by atomic mass is 16.5. The Morgan fingerprint density at radius 3 is 3.14 bits per heavy atom. The first kappa shape index (κ1) is 9.46. The second-order valence-corrected chi connectivity index (χ2v) is 3.63. The Labute approximate surface area is 83.7 Å². The van der Waals surface area contributed by atoms with Crippen LogP contribution >= 0.6 is 0 Å². The Morgan fingerprint density at radius 1 is 1.50 bits per heavy atom. The molecule has 0 amide bonds. The number of fused-ring (bicyclic) bond motifs is 1. The summed E-state index contributed by atoms with van der Waals surface area (Å²) in [5, 5.41) is 0. The zero-order valence-corrected chi connectivity index (χ0v) is 8.45. The maximum absolute atomic E-state index is 11.5. The molecule has 14 heavy (non-hydrogen) atoms. The van der Waals surface area contributed by atoms with Gasteiger partial charge in [-0.05, 0) is 18.6 Å². The molecule has 0 saturated carbocycles. The van der Waals surface area contributed by atoms with E-state index in [9.17, 15) is 4.79 Å². The van der Waals surface area contributed by atoms with Gasteiger partial charge in [0.05, 0.1) is 12.3 Å². The number of carbonyl (C=O) groups excluding carboxylic acids is 1. The monoisotopic (exact) mass is 193 g/mol. The fourth-order valence-corrected chi connectivity index (χ4v) is 1.97. The Balaban J connectivity index is 2.22. The highest BCUT2D eigenvalue weighted by Gasteiger charge is 2.18. The molecule has 0 radical (unpaired) electrons. The van der Waals surface area contributed by atoms with Crippen molar-refractivity contribution in [3.05, 3.63) is 23.5 Å². The Kier molecular flexibility index (Phi) is 2.68. The lowest BCUT2D eigenvalue weighted by Crippen LogP contribution is -2.18. The van der Waals surface area contributed by atoms with Gasteiger partial charge < -0.3 is 9.30 Å². The van der Waals surface area contributed by atoms with Crippen LogP contribution in [0.3, 0.4) is 0 Å². The molecule has 2 heterocycles. The molecule has 0 saturated heterocycles. The second-order valence-electron chi connectivity index (χ2n) is 3.63. The van der Waals surface area contributed by atoms with Crippen LogP contribution in [0, 0.1) is 0 Å². The van der Waals surface area contributed by atoms with E-state index in [1.165, 1.54) is 5.69 Å². The van der Waals surface area contributed by atoms with Crippen molar-refractivity contribution in [1.29, 1.82) is 0 Å². The number of carbonyl (C=O) groups is 1. The summed E-state index contributed by atoms with van der Waals surface area (Å²) in [5.41, 5.74) is 2.09. The van der Waals surface area contributed by atoms with E-state index in [1.807, 2.05) is 12.1 Å². The zero-order chi connectivity index (χ0) is 9.97. The van der Waals surface area contributed by atoms with E-state index < -0.39 is 0 Å². The summed E-state index contributed by atoms with van der Waals surface area (Å²) >= 11 is 0. The van der Waals surface area contributed by atoms with Crippen LogP contribution in [-0.2, 0) is 17.7 Å². The van der Waals surface area contributed by atoms with Gasteiger partial charge in [-0.15, -0.1) is 0 Å². The summed E-state index contributed by atoms with van der Waals surface area (Å²) in [6.07, 6.45) is 2.57. The van der Waals surface area contributed by atoms with E-state index in [2.05, 4.69) is 4.57 Å². The molecule has 0 atom stereocenters. The van der Waals surface area contributed by atoms with Crippen molar-refractivity contribution >= 4 is 5.78 Å². The molecule has 0 bridgehead atoms. The van der Waals surface area contributed by atoms with Crippen LogP contribution in [-0.4, -0.2) is 24.1 Å². The molecule has 0 N–H and O–H groups in total. The molecule has 2 rings (SSSR count). The molecule has 1 aromatic heterocycles. The van der Waals surface area contributed by atoms with Crippen LogP contribution in [0.4, 0.5) is 0 Å². The van der Waals surface area contributed by atoms with Crippen LogP contribution in [0.5, 0.6) is 0 Å². The summed E-state index contributed by atoms with van der Waals surface area (Å²) in [4.78, 5) is 11.5. The Morgan fingerprint density at radius 2 is 2.36 bits per heavy atom. The van der Waals surface area contributed by atoms with Gasteiger partial charge in [-0.1, -0.05) is 0 Å². The molecular weight excluding hydrogens is 178 g/mol. The molecule has 0 aliphatic carbocycles. The van der Waals surface area contributed by atoms with Crippen molar-refractivity contribution < 1.29 is 9.53 Å². The van der Waals surface area contributed by atoms with Crippen LogP contribution in [0.25, 0.3) is 0 Å². The Hall–Kier alpha value is -1.09. The smallest absolute Gasteiger partial charge is 0.179 e. The maximum atomic E-state index is 11.5. The van der Waals surface area contributed by atoms with E-state index in [0.717, 1.165) is 31.7 Å². The summed E-state index contributed by atoms with van der Waals surface area (Å²) in [7, 11) is 1.70. The largest absolute Gasteiger partial charge is 0.384 e. The third kappa shape index (κ3) is 1.60. The number of Topliss-reactive ketones (excluding diaryl/α,β-unsaturated/α-hetero) is 1. The van der Waals surface area contributed by atoms with Crippen LogP contribution in [0.15, 0.2) is 12.1 Å². The number of methoxy groups -OCH3 is 1. The fourth-order valence-electron chi connectivity index (χ4n) is 1.97. The van der Waals surface area contributed by atoms with Gasteiger partial charge in [0.15, 0.2) is 5.78 Å². The standard InChI is InChI=1S/C11H15NO2/c1-14-8-6-9-4-5-10-11(13)3-2-7-12(9)10/h4-5H,2-3,6-8H2,1H3. The van der Waals surface area contributed by atoms with E-state index in [-0.39, 0.29) is 5.78 Å². The predicted molar refractivity (Wildman–Crippen MR) is 53.6 cm³/mol. The highest BCUT2D eigenvalue weighted by Crippen LogP contribution is 2.19. The van der Waals surface area contributed by atoms with E-state index >= 15 is 0 Å². The lowest BCUT2D eigenvalue weighted by Gasteiger charge is -2.16. The molecule has 3 nitrogen and oxygen atoms in total. The number of hydrogen-bond donors (Lipinski definition) is 0. The number of ketones is 1. The molecule has 3 heteroatoms. The summed E-state index contributed by atoms with van der Waals surface area (Å²) in [6, 6.07) is 3.98. The lowest BCUT2D eigenvalue weighted by molar-refractivity contribution is 0.0954. The Bertz CT molecular complexity index is 341. The van der Waals surface area contributed by atoms with Gasteiger partial charge in [-0.2, -0.15) is 0 Å². The minimum Gasteiger partial charge on any atom is -0.384 e. The first-order chi connectivity index (χ1) is 6.83. The van der Waals surface area contributed by atoms with Crippen molar-refractivity contribution in [2.45, 2.75) is 25.8 Å². The van der Waals surface area contributed by atoms with Gasteiger partial charge in [-0.25, -0.2) is 0 Å². The molecule has 76 valence electrons. The summed E-state index contributed by atoms with van der Waals surface area (Å²) < 4.78 is 7.16. The number of hydrogen-bond acceptors (Lipinski definition) is 2. The van der Waals surface area contributed by atoms with Gasteiger partial charge in [-0.3, -0.25) is 4.79 Å². The van der Waals surface area contributed by atoms with Gasteiger partial charge in [0.1, 0.15) is 0 Å². The molecular formula is C11H15NO2. The topological polar surface area (TPSA) is 31.2 Å². The average Bonchev–Trinajstić information content (AvgIpc) is 2.60. The lowest BCUT2D eigenvalue weighted by atomic mass is 10.1. The number of aromatic nitrogens is 1. The summed E-state index contributed by atoms with van der Waals surface area (Å²) in [5.74, 6) is 0.278. The number of nitrogens with zero attached hydrogens (tertiary/aromatic N) is 1. The van der Waals surface area contributed by atoms with Crippen LogP contribution < -0.4 is 0 Å². The first-order valence-corrected chi connectivity index (χ1v) is 5.03. The maximum Gasteiger partial charge on any atom is 0.179 e. The van der Waals surface area contributed by atoms with Crippen molar-refractivity contribution in [1.82, 2.24) is 4.57 Å². The van der Waals surface area contributed by atoms with Gasteiger partial charge in [0.2, 0.25) is 0 Å². The highest BCUT2D eigenvalue weighted by molar-refractivity contribution is 5.95. The normalized spacial score (nSPS) is 15.6. The average molecular weight is 193 g/mol. The van der Waals surface area contributed by atoms with Crippen LogP contribution in [0.1, 0.15) is 29.0 Å². The SMILES string of the molecule is COCCc1ccc2n1CCCC2=O. The van der Waals surface area contributed by atoms with Gasteiger partial charge in [0, 0.05) is 32.2 Å². The molecule has 0 fully saturated rings. The van der Waals surface area contributed by atoms with Crippen molar-refractivity contribution in [2.75, 3.05) is 13.7 Å². The predicted octanol–water partition coefficient (Wildman–Crippen LogP) is 1.65. The van der Waals surface area contributed by atoms with E-state index in [4.69, 9.17) is 4.74 Å². The van der Waals surface area contributed by atoms with Gasteiger partial charge in [0.25, 0.3) is 0 Å². The van der Waals surface area contributed by atoms with Gasteiger partial charge >= 0.3 is 0 Å². The number of rotatable bonds is 3. The van der Waals surface area contributed by atoms with E-state index in [0.29, 0.717) is 6.42 Å². The quantitative estimate of drug-likeness (QED) is 0.731. The summed E-state index contributed by atoms with van der Waals surface area (Å²) in [6.45, 7) is 1.70. The zero-order valence-electron chi connectivity index (χ0n) is 8.45. The van der Waals surface area contributed by atoms with E-state index in [1.54, 1.807) is 7.11 Å². The van der Waals surface area contributed by atoms with Crippen molar-refractivity contribution in [3.8, 4) is 0 Å². The van der Waals surface area contributed by atoms with Crippen molar-refractivity contribution in [3.63, 3.8) is 0 Å². The minimum absolute atomic E-state index is 0.278. The molecule has 1 aliphatic rings. The number of ether oxygens (including phenoxy) is 1. The fraction of sp³-hybridized carbons (Fsp3) is 0.545. The molecule has 0 unspecified atom stereocenters.